The Morgan fingerprint density at radius 2 is 1.58 bits per heavy atom. The standard InChI is InChI=1S/C40H39N5O7/c1-42-37-27(13-12-26-8-7-11-31(22-26)43-38(41)47)24-45(39(48)44-37)36-23-34(46)35(52-36)25-51-40(28-9-5-4-6-10-28,29-14-18-32(49-2)19-15-29)30-16-20-33(50-3)21-17-30/h4-11,14-22,24,34-36,46H,23,25H2,1-3H3,(H3,41,43,47)(H,42,44,48)/t34-,35+,36+/m0/s1. The minimum Gasteiger partial charge on any atom is -0.497 e. The first kappa shape index (κ1) is 35.7. The predicted octanol–water partition coefficient (Wildman–Crippen LogP) is 4.85. The van der Waals surface area contributed by atoms with E-state index in [9.17, 15) is 14.7 Å². The zero-order chi connectivity index (χ0) is 36.7. The SMILES string of the molecule is CNc1nc(=O)n([C@H]2C[C@H](O)[C@@H](COC(c3ccccc3)(c3ccc(OC)cc3)c3ccc(OC)cc3)O2)cc1C#Cc1cccc(NC(N)=O)c1. The van der Waals surface area contributed by atoms with Gasteiger partial charge in [-0.3, -0.25) is 4.57 Å². The van der Waals surface area contributed by atoms with Crippen LogP contribution >= 0.6 is 0 Å². The molecule has 6 rings (SSSR count). The number of aliphatic hydroxyl groups is 1. The molecular weight excluding hydrogens is 662 g/mol. The molecule has 0 radical (unpaired) electrons. The Morgan fingerprint density at radius 1 is 0.942 bits per heavy atom. The van der Waals surface area contributed by atoms with Crippen LogP contribution in [-0.4, -0.2) is 60.8 Å². The minimum absolute atomic E-state index is 0.0241. The van der Waals surface area contributed by atoms with Crippen LogP contribution < -0.4 is 31.5 Å². The van der Waals surface area contributed by atoms with Crippen molar-refractivity contribution < 1.29 is 28.8 Å². The van der Waals surface area contributed by atoms with Crippen LogP contribution in [-0.2, 0) is 15.1 Å². The first-order chi connectivity index (χ1) is 25.2. The van der Waals surface area contributed by atoms with E-state index in [0.29, 0.717) is 28.3 Å². The van der Waals surface area contributed by atoms with E-state index in [1.54, 1.807) is 51.7 Å². The third-order valence-electron chi connectivity index (χ3n) is 8.81. The molecule has 1 aliphatic heterocycles. The van der Waals surface area contributed by atoms with Crippen molar-refractivity contribution in [3.63, 3.8) is 0 Å². The number of nitrogens with two attached hydrogens (primary N) is 1. The molecule has 1 saturated heterocycles. The Balaban J connectivity index is 1.31. The van der Waals surface area contributed by atoms with Gasteiger partial charge in [-0.25, -0.2) is 9.59 Å². The fourth-order valence-electron chi connectivity index (χ4n) is 6.23. The predicted molar refractivity (Wildman–Crippen MR) is 196 cm³/mol. The van der Waals surface area contributed by atoms with Crippen LogP contribution in [0.15, 0.2) is 114 Å². The Labute approximate surface area is 301 Å². The van der Waals surface area contributed by atoms with Gasteiger partial charge in [0, 0.05) is 30.9 Å². The molecule has 5 N–H and O–H groups in total. The third-order valence-corrected chi connectivity index (χ3v) is 8.81. The van der Waals surface area contributed by atoms with Crippen molar-refractivity contribution in [2.45, 2.75) is 30.5 Å². The molecule has 0 unspecified atom stereocenters. The second-order valence-electron chi connectivity index (χ2n) is 12.0. The van der Waals surface area contributed by atoms with Crippen molar-refractivity contribution in [3.8, 4) is 23.3 Å². The van der Waals surface area contributed by atoms with Crippen LogP contribution in [0.25, 0.3) is 0 Å². The lowest BCUT2D eigenvalue weighted by Gasteiger charge is -2.37. The van der Waals surface area contributed by atoms with E-state index in [1.165, 1.54) is 4.57 Å². The van der Waals surface area contributed by atoms with Gasteiger partial charge in [0.05, 0.1) is 32.5 Å². The summed E-state index contributed by atoms with van der Waals surface area (Å²) in [6.45, 7) is -0.0241. The number of carbonyl (C=O) groups excluding carboxylic acids is 1. The maximum absolute atomic E-state index is 13.2. The minimum atomic E-state index is -1.12. The Kier molecular flexibility index (Phi) is 10.9. The summed E-state index contributed by atoms with van der Waals surface area (Å²) in [5.74, 6) is 7.76. The van der Waals surface area contributed by atoms with E-state index in [4.69, 9.17) is 24.7 Å². The molecule has 12 heteroatoms. The molecule has 2 amide bonds. The molecule has 0 bridgehead atoms. The van der Waals surface area contributed by atoms with E-state index in [2.05, 4.69) is 27.5 Å². The molecule has 266 valence electrons. The maximum Gasteiger partial charge on any atom is 0.351 e. The molecule has 0 saturated carbocycles. The van der Waals surface area contributed by atoms with Gasteiger partial charge in [0.25, 0.3) is 0 Å². The average Bonchev–Trinajstić information content (AvgIpc) is 3.54. The third kappa shape index (κ3) is 7.62. The number of rotatable bonds is 11. The van der Waals surface area contributed by atoms with Crippen molar-refractivity contribution in [2.75, 3.05) is 38.5 Å². The van der Waals surface area contributed by atoms with E-state index in [1.807, 2.05) is 78.9 Å². The highest BCUT2D eigenvalue weighted by Gasteiger charge is 2.42. The topological polar surface area (TPSA) is 159 Å². The molecule has 4 aromatic carbocycles. The summed E-state index contributed by atoms with van der Waals surface area (Å²) in [4.78, 5) is 28.7. The summed E-state index contributed by atoms with van der Waals surface area (Å²) in [5.41, 5.74) is 7.59. The number of hydrogen-bond donors (Lipinski definition) is 4. The smallest absolute Gasteiger partial charge is 0.351 e. The van der Waals surface area contributed by atoms with Gasteiger partial charge >= 0.3 is 11.7 Å². The van der Waals surface area contributed by atoms with Crippen LogP contribution in [0.3, 0.4) is 0 Å². The molecule has 12 nitrogen and oxygen atoms in total. The van der Waals surface area contributed by atoms with Crippen LogP contribution in [0, 0.1) is 11.8 Å². The lowest BCUT2D eigenvalue weighted by molar-refractivity contribution is -0.0944. The van der Waals surface area contributed by atoms with Gasteiger partial charge in [0.1, 0.15) is 35.2 Å². The molecule has 52 heavy (non-hydrogen) atoms. The van der Waals surface area contributed by atoms with Crippen molar-refractivity contribution in [1.29, 1.82) is 0 Å². The van der Waals surface area contributed by atoms with E-state index >= 15 is 0 Å². The van der Waals surface area contributed by atoms with Gasteiger partial charge in [-0.15, -0.1) is 0 Å². The van der Waals surface area contributed by atoms with Crippen LogP contribution in [0.1, 0.15) is 40.5 Å². The molecular formula is C40H39N5O7. The van der Waals surface area contributed by atoms with Gasteiger partial charge in [-0.1, -0.05) is 72.5 Å². The fourth-order valence-corrected chi connectivity index (χ4v) is 6.23. The molecule has 1 aliphatic rings. The Morgan fingerprint density at radius 3 is 2.17 bits per heavy atom. The first-order valence-corrected chi connectivity index (χ1v) is 16.6. The van der Waals surface area contributed by atoms with Crippen molar-refractivity contribution in [1.82, 2.24) is 9.55 Å². The van der Waals surface area contributed by atoms with Crippen molar-refractivity contribution >= 4 is 17.5 Å². The molecule has 0 aliphatic carbocycles. The van der Waals surface area contributed by atoms with Crippen LogP contribution in [0.2, 0.25) is 0 Å². The number of carbonyl (C=O) groups is 1. The van der Waals surface area contributed by atoms with Gasteiger partial charge in [0.15, 0.2) is 0 Å². The molecule has 2 heterocycles. The van der Waals surface area contributed by atoms with Gasteiger partial charge in [0.2, 0.25) is 0 Å². The Hall–Kier alpha value is -6.13. The highest BCUT2D eigenvalue weighted by atomic mass is 16.6. The van der Waals surface area contributed by atoms with Crippen LogP contribution in [0.4, 0.5) is 16.3 Å². The number of nitrogens with one attached hydrogen (secondary N) is 2. The summed E-state index contributed by atoms with van der Waals surface area (Å²) in [6.07, 6.45) is -0.924. The van der Waals surface area contributed by atoms with Gasteiger partial charge in [-0.05, 0) is 59.2 Å². The summed E-state index contributed by atoms with van der Waals surface area (Å²) < 4.78 is 25.5. The second-order valence-corrected chi connectivity index (χ2v) is 12.0. The summed E-state index contributed by atoms with van der Waals surface area (Å²) >= 11 is 0. The highest BCUT2D eigenvalue weighted by molar-refractivity contribution is 5.88. The van der Waals surface area contributed by atoms with E-state index < -0.39 is 35.8 Å². The van der Waals surface area contributed by atoms with Gasteiger partial charge in [-0.2, -0.15) is 4.98 Å². The summed E-state index contributed by atoms with van der Waals surface area (Å²) in [6, 6.07) is 31.3. The van der Waals surface area contributed by atoms with Crippen LogP contribution in [0.5, 0.6) is 11.5 Å². The zero-order valence-electron chi connectivity index (χ0n) is 28.9. The largest absolute Gasteiger partial charge is 0.497 e. The number of amides is 2. The number of aromatic nitrogens is 2. The number of urea groups is 1. The highest BCUT2D eigenvalue weighted by Crippen LogP contribution is 2.42. The molecule has 3 atom stereocenters. The number of ether oxygens (including phenoxy) is 4. The van der Waals surface area contributed by atoms with E-state index in [0.717, 1.165) is 16.7 Å². The summed E-state index contributed by atoms with van der Waals surface area (Å²) in [5, 5.41) is 16.8. The number of anilines is 2. The van der Waals surface area contributed by atoms with Gasteiger partial charge < -0.3 is 40.4 Å². The number of primary amides is 1. The molecule has 0 spiro atoms. The average molecular weight is 702 g/mol. The second kappa shape index (κ2) is 15.8. The Bertz CT molecular complexity index is 2080. The molecule has 1 aromatic heterocycles. The number of benzene rings is 4. The lowest BCUT2D eigenvalue weighted by atomic mass is 9.80. The lowest BCUT2D eigenvalue weighted by Crippen LogP contribution is -2.38. The van der Waals surface area contributed by atoms with E-state index in [-0.39, 0.29) is 18.8 Å². The number of hydrogen-bond acceptors (Lipinski definition) is 9. The first-order valence-electron chi connectivity index (χ1n) is 16.6. The number of methoxy groups -OCH3 is 2. The zero-order valence-corrected chi connectivity index (χ0v) is 28.9. The summed E-state index contributed by atoms with van der Waals surface area (Å²) in [7, 11) is 4.87. The quantitative estimate of drug-likeness (QED) is 0.112. The fraction of sp³-hybridized carbons (Fsp3) is 0.225. The normalized spacial score (nSPS) is 16.7. The number of aliphatic hydroxyl groups excluding tert-OH is 1. The number of nitrogens with zero attached hydrogens (tertiary/aromatic N) is 2. The molecule has 5 aromatic rings. The van der Waals surface area contributed by atoms with Crippen molar-refractivity contribution in [3.05, 3.63) is 148 Å². The molecule has 1 fully saturated rings. The van der Waals surface area contributed by atoms with Crippen molar-refractivity contribution in [2.24, 2.45) is 5.73 Å². The monoisotopic (exact) mass is 701 g/mol. The maximum atomic E-state index is 13.2.